The Morgan fingerprint density at radius 2 is 1.65 bits per heavy atom. The maximum atomic E-state index is 5.46. The van der Waals surface area contributed by atoms with Gasteiger partial charge in [-0.25, -0.2) is 0 Å². The van der Waals surface area contributed by atoms with Crippen LogP contribution in [-0.4, -0.2) is 11.1 Å². The van der Waals surface area contributed by atoms with Gasteiger partial charge in [0.15, 0.2) is 0 Å². The minimum Gasteiger partial charge on any atom is -0.376 e. The van der Waals surface area contributed by atoms with Crippen molar-refractivity contribution >= 4 is 28.8 Å². The largest absolute Gasteiger partial charge is 0.376 e. The monoisotopic (exact) mass is 299 g/mol. The molecule has 2 rings (SSSR count). The molecule has 0 heterocycles. The molecule has 2 aromatic rings. The molecule has 0 amide bonds. The third-order valence-electron chi connectivity index (χ3n) is 2.85. The van der Waals surface area contributed by atoms with Crippen molar-refractivity contribution in [1.29, 1.82) is 0 Å². The topological polar surface area (TPSA) is 12.0 Å². The zero-order valence-electron chi connectivity index (χ0n) is 11.4. The van der Waals surface area contributed by atoms with Crippen LogP contribution >= 0.6 is 24.0 Å². The number of rotatable bonds is 6. The molecule has 0 atom stereocenters. The Hall–Kier alpha value is -1.58. The fourth-order valence-corrected chi connectivity index (χ4v) is 2.55. The van der Waals surface area contributed by atoms with Gasteiger partial charge in [-0.3, -0.25) is 0 Å². The second-order valence-corrected chi connectivity index (χ2v) is 5.57. The number of nitrogens with one attached hydrogen (secondary N) is 1. The van der Waals surface area contributed by atoms with Gasteiger partial charge in [-0.15, -0.1) is 11.8 Å². The van der Waals surface area contributed by atoms with Crippen LogP contribution in [0.15, 0.2) is 71.8 Å². The van der Waals surface area contributed by atoms with Crippen molar-refractivity contribution in [2.75, 3.05) is 6.26 Å². The second-order valence-electron chi connectivity index (χ2n) is 4.28. The van der Waals surface area contributed by atoms with Crippen molar-refractivity contribution in [3.8, 4) is 0 Å². The average molecular weight is 299 g/mol. The number of thiocarbonyl (C=S) groups is 1. The molecule has 0 bridgehead atoms. The van der Waals surface area contributed by atoms with E-state index in [1.807, 2.05) is 54.6 Å². The summed E-state index contributed by atoms with van der Waals surface area (Å²) < 4.78 is 0. The zero-order valence-corrected chi connectivity index (χ0v) is 13.0. The van der Waals surface area contributed by atoms with E-state index in [1.165, 1.54) is 5.56 Å². The lowest BCUT2D eigenvalue weighted by molar-refractivity contribution is 0.858. The third-order valence-corrected chi connectivity index (χ3v) is 3.91. The molecule has 20 heavy (non-hydrogen) atoms. The van der Waals surface area contributed by atoms with E-state index in [-0.39, 0.29) is 0 Å². The van der Waals surface area contributed by atoms with Crippen molar-refractivity contribution in [3.63, 3.8) is 0 Å². The van der Waals surface area contributed by atoms with E-state index in [2.05, 4.69) is 23.7 Å². The predicted molar refractivity (Wildman–Crippen MR) is 93.0 cm³/mol. The minimum absolute atomic E-state index is 0.810. The normalized spacial score (nSPS) is 11.2. The number of allylic oxidation sites excluding steroid dienone is 1. The first kappa shape index (κ1) is 14.8. The van der Waals surface area contributed by atoms with Crippen LogP contribution in [0.4, 0.5) is 0 Å². The minimum atomic E-state index is 0.810. The van der Waals surface area contributed by atoms with E-state index in [1.54, 1.807) is 11.8 Å². The molecule has 0 saturated heterocycles. The van der Waals surface area contributed by atoms with Crippen LogP contribution < -0.4 is 5.32 Å². The molecular weight excluding hydrogens is 282 g/mol. The highest BCUT2D eigenvalue weighted by Crippen LogP contribution is 2.12. The summed E-state index contributed by atoms with van der Waals surface area (Å²) in [6.45, 7) is 0.810. The zero-order chi connectivity index (χ0) is 14.2. The van der Waals surface area contributed by atoms with Gasteiger partial charge < -0.3 is 5.32 Å². The van der Waals surface area contributed by atoms with Crippen molar-refractivity contribution in [3.05, 3.63) is 82.9 Å². The van der Waals surface area contributed by atoms with Crippen LogP contribution in [0.5, 0.6) is 0 Å². The summed E-state index contributed by atoms with van der Waals surface area (Å²) in [4.78, 5) is 0.857. The van der Waals surface area contributed by atoms with E-state index in [0.717, 1.165) is 22.0 Å². The van der Waals surface area contributed by atoms with Gasteiger partial charge in [-0.2, -0.15) is 0 Å². The van der Waals surface area contributed by atoms with E-state index in [9.17, 15) is 0 Å². The number of benzene rings is 2. The molecule has 0 aliphatic rings. The molecule has 0 aliphatic carbocycles. The Balaban J connectivity index is 2.01. The van der Waals surface area contributed by atoms with Gasteiger partial charge in [0, 0.05) is 11.4 Å². The summed E-state index contributed by atoms with van der Waals surface area (Å²) in [5.41, 5.74) is 2.34. The Labute approximate surface area is 130 Å². The first-order chi connectivity index (χ1) is 9.79. The summed E-state index contributed by atoms with van der Waals surface area (Å²) in [6, 6.07) is 20.4. The molecule has 0 aliphatic heterocycles. The van der Waals surface area contributed by atoms with Gasteiger partial charge >= 0.3 is 0 Å². The van der Waals surface area contributed by atoms with E-state index in [4.69, 9.17) is 12.2 Å². The number of thioether (sulfide) groups is 1. The Morgan fingerprint density at radius 3 is 2.25 bits per heavy atom. The highest BCUT2D eigenvalue weighted by atomic mass is 32.2. The van der Waals surface area contributed by atoms with Crippen molar-refractivity contribution in [2.24, 2.45) is 0 Å². The molecule has 1 nitrogen and oxygen atoms in total. The summed E-state index contributed by atoms with van der Waals surface area (Å²) in [7, 11) is 0. The van der Waals surface area contributed by atoms with Crippen molar-refractivity contribution in [1.82, 2.24) is 5.32 Å². The molecule has 0 aromatic heterocycles. The first-order valence-corrected chi connectivity index (χ1v) is 8.06. The van der Waals surface area contributed by atoms with E-state index < -0.39 is 0 Å². The fourth-order valence-electron chi connectivity index (χ4n) is 1.77. The van der Waals surface area contributed by atoms with Gasteiger partial charge in [0.1, 0.15) is 0 Å². The van der Waals surface area contributed by atoms with Gasteiger partial charge in [0.2, 0.25) is 0 Å². The van der Waals surface area contributed by atoms with Crippen LogP contribution in [0.3, 0.4) is 0 Å². The van der Waals surface area contributed by atoms with Gasteiger partial charge in [-0.05, 0) is 23.5 Å². The molecular formula is C17H17NS2. The quantitative estimate of drug-likeness (QED) is 0.482. The van der Waals surface area contributed by atoms with Crippen molar-refractivity contribution in [2.45, 2.75) is 6.54 Å². The smallest absolute Gasteiger partial charge is 0.0696 e. The van der Waals surface area contributed by atoms with E-state index >= 15 is 0 Å². The maximum Gasteiger partial charge on any atom is 0.0696 e. The Kier molecular flexibility index (Phi) is 5.84. The summed E-state index contributed by atoms with van der Waals surface area (Å²) >= 11 is 7.14. The summed E-state index contributed by atoms with van der Waals surface area (Å²) in [6.07, 6.45) is 4.08. The molecule has 0 fully saturated rings. The van der Waals surface area contributed by atoms with Gasteiger partial charge in [0.25, 0.3) is 0 Å². The molecule has 1 N–H and O–H groups in total. The highest BCUT2D eigenvalue weighted by Gasteiger charge is 2.00. The van der Waals surface area contributed by atoms with Crippen LogP contribution in [0.25, 0.3) is 0 Å². The van der Waals surface area contributed by atoms with Crippen LogP contribution in [0.2, 0.25) is 0 Å². The lowest BCUT2D eigenvalue weighted by Crippen LogP contribution is -2.11. The highest BCUT2D eigenvalue weighted by molar-refractivity contribution is 8.02. The number of hydrogen-bond donors (Lipinski definition) is 1. The maximum absolute atomic E-state index is 5.46. The lowest BCUT2D eigenvalue weighted by Gasteiger charge is -2.09. The SMILES string of the molecule is CS/C(=C/C(=S)c1ccccc1)NCc1ccccc1. The summed E-state index contributed by atoms with van der Waals surface area (Å²) in [5, 5.41) is 4.51. The average Bonchev–Trinajstić information content (AvgIpc) is 2.53. The molecule has 0 unspecified atom stereocenters. The van der Waals surface area contributed by atoms with Crippen LogP contribution in [-0.2, 0) is 6.54 Å². The molecule has 0 saturated carbocycles. The second kappa shape index (κ2) is 7.88. The molecule has 3 heteroatoms. The number of hydrogen-bond acceptors (Lipinski definition) is 3. The van der Waals surface area contributed by atoms with Gasteiger partial charge in [-0.1, -0.05) is 72.9 Å². The first-order valence-electron chi connectivity index (χ1n) is 6.42. The third kappa shape index (κ3) is 4.51. The molecule has 2 aromatic carbocycles. The Morgan fingerprint density at radius 1 is 1.05 bits per heavy atom. The van der Waals surface area contributed by atoms with Crippen LogP contribution in [0.1, 0.15) is 11.1 Å². The standard InChI is InChI=1S/C17H17NS2/c1-20-17(18-13-14-8-4-2-5-9-14)12-16(19)15-10-6-3-7-11-15/h2-12,18H,13H2,1H3/b17-12+. The molecule has 0 spiro atoms. The summed E-state index contributed by atoms with van der Waals surface area (Å²) in [5.74, 6) is 0. The van der Waals surface area contributed by atoms with E-state index in [0.29, 0.717) is 0 Å². The van der Waals surface area contributed by atoms with Crippen LogP contribution in [0, 0.1) is 0 Å². The molecule has 102 valence electrons. The van der Waals surface area contributed by atoms with Gasteiger partial charge in [0.05, 0.1) is 5.03 Å². The molecule has 0 radical (unpaired) electrons. The lowest BCUT2D eigenvalue weighted by atomic mass is 10.1. The predicted octanol–water partition coefficient (Wildman–Crippen LogP) is 4.40. The van der Waals surface area contributed by atoms with Crippen molar-refractivity contribution < 1.29 is 0 Å². The fraction of sp³-hybridized carbons (Fsp3) is 0.118. The Bertz CT molecular complexity index is 576.